The maximum absolute atomic E-state index is 12.5. The molecule has 0 atom stereocenters. The molecule has 0 aliphatic carbocycles. The molecule has 3 heterocycles. The Morgan fingerprint density at radius 3 is 2.77 bits per heavy atom. The normalized spacial score (nSPS) is 11.2. The molecule has 4 aromatic rings. The standard InChI is InChI=1S/C21H21N5O2S2/c1-3-28-20(27)17-9-23-26(19(17)11-25(2)10-16-12-29-14-22-16)21-24-18(13-30-21)15-7-5-4-6-8-15/h4-9,12-14H,3,10-11H2,1-2H3. The summed E-state index contributed by atoms with van der Waals surface area (Å²) in [5, 5.41) is 9.20. The number of benzene rings is 1. The number of carbonyl (C=O) groups is 1. The topological polar surface area (TPSA) is 73.1 Å². The van der Waals surface area contributed by atoms with E-state index in [1.807, 2.05) is 53.7 Å². The monoisotopic (exact) mass is 439 g/mol. The summed E-state index contributed by atoms with van der Waals surface area (Å²) in [7, 11) is 1.99. The van der Waals surface area contributed by atoms with Crippen molar-refractivity contribution in [2.24, 2.45) is 0 Å². The molecular weight excluding hydrogens is 418 g/mol. The van der Waals surface area contributed by atoms with E-state index in [2.05, 4.69) is 15.0 Å². The van der Waals surface area contributed by atoms with Gasteiger partial charge >= 0.3 is 5.97 Å². The molecule has 0 saturated carbocycles. The summed E-state index contributed by atoms with van der Waals surface area (Å²) >= 11 is 3.06. The van der Waals surface area contributed by atoms with Gasteiger partial charge < -0.3 is 4.74 Å². The largest absolute Gasteiger partial charge is 0.462 e. The highest BCUT2D eigenvalue weighted by Crippen LogP contribution is 2.26. The van der Waals surface area contributed by atoms with Crippen LogP contribution in [-0.2, 0) is 17.8 Å². The second-order valence-corrected chi connectivity index (χ2v) is 8.23. The molecule has 154 valence electrons. The lowest BCUT2D eigenvalue weighted by Crippen LogP contribution is -2.21. The smallest absolute Gasteiger partial charge is 0.341 e. The molecule has 0 bridgehead atoms. The minimum Gasteiger partial charge on any atom is -0.462 e. The molecule has 0 amide bonds. The molecule has 3 aromatic heterocycles. The van der Waals surface area contributed by atoms with Crippen molar-refractivity contribution in [2.75, 3.05) is 13.7 Å². The van der Waals surface area contributed by atoms with E-state index in [1.54, 1.807) is 29.1 Å². The van der Waals surface area contributed by atoms with E-state index in [0.717, 1.165) is 22.6 Å². The Morgan fingerprint density at radius 2 is 2.03 bits per heavy atom. The third-order valence-electron chi connectivity index (χ3n) is 4.44. The SMILES string of the molecule is CCOC(=O)c1cnn(-c2nc(-c3ccccc3)cs2)c1CN(C)Cc1cscn1. The molecule has 7 nitrogen and oxygen atoms in total. The average Bonchev–Trinajstić information content (AvgIpc) is 3.49. The molecule has 4 rings (SSSR count). The Labute approximate surface area is 182 Å². The van der Waals surface area contributed by atoms with Gasteiger partial charge in [-0.3, -0.25) is 4.90 Å². The Morgan fingerprint density at radius 1 is 1.20 bits per heavy atom. The Kier molecular flexibility index (Phi) is 6.32. The number of aromatic nitrogens is 4. The first-order chi connectivity index (χ1) is 14.7. The summed E-state index contributed by atoms with van der Waals surface area (Å²) < 4.78 is 6.98. The van der Waals surface area contributed by atoms with Crippen LogP contribution in [0.1, 0.15) is 28.7 Å². The molecule has 0 fully saturated rings. The van der Waals surface area contributed by atoms with Crippen LogP contribution in [0.15, 0.2) is 52.8 Å². The Balaban J connectivity index is 1.66. The molecular formula is C21H21N5O2S2. The Bertz CT molecular complexity index is 1110. The number of hydrogen-bond acceptors (Lipinski definition) is 8. The quantitative estimate of drug-likeness (QED) is 0.382. The van der Waals surface area contributed by atoms with Gasteiger partial charge in [0, 0.05) is 29.4 Å². The minimum atomic E-state index is -0.374. The highest BCUT2D eigenvalue weighted by molar-refractivity contribution is 7.12. The van der Waals surface area contributed by atoms with E-state index in [4.69, 9.17) is 9.72 Å². The summed E-state index contributed by atoms with van der Waals surface area (Å²) in [6, 6.07) is 10.00. The lowest BCUT2D eigenvalue weighted by atomic mass is 10.2. The number of nitrogens with zero attached hydrogens (tertiary/aromatic N) is 5. The van der Waals surface area contributed by atoms with E-state index in [-0.39, 0.29) is 5.97 Å². The number of rotatable bonds is 8. The van der Waals surface area contributed by atoms with Crippen LogP contribution in [-0.4, -0.2) is 44.3 Å². The number of ether oxygens (including phenoxy) is 1. The Hall–Kier alpha value is -2.88. The van der Waals surface area contributed by atoms with Crippen LogP contribution in [0.25, 0.3) is 16.4 Å². The van der Waals surface area contributed by atoms with Crippen molar-refractivity contribution < 1.29 is 9.53 Å². The van der Waals surface area contributed by atoms with Gasteiger partial charge in [0.2, 0.25) is 5.13 Å². The van der Waals surface area contributed by atoms with Crippen molar-refractivity contribution in [1.82, 2.24) is 24.6 Å². The third-order valence-corrected chi connectivity index (χ3v) is 5.89. The van der Waals surface area contributed by atoms with Gasteiger partial charge in [-0.25, -0.2) is 19.4 Å². The van der Waals surface area contributed by atoms with Crippen LogP contribution in [0.2, 0.25) is 0 Å². The fourth-order valence-corrected chi connectivity index (χ4v) is 4.44. The van der Waals surface area contributed by atoms with Crippen LogP contribution < -0.4 is 0 Å². The lowest BCUT2D eigenvalue weighted by molar-refractivity contribution is 0.0524. The zero-order chi connectivity index (χ0) is 20.9. The number of esters is 1. The van der Waals surface area contributed by atoms with Crippen LogP contribution >= 0.6 is 22.7 Å². The van der Waals surface area contributed by atoms with Crippen LogP contribution in [0.5, 0.6) is 0 Å². The van der Waals surface area contributed by atoms with Crippen LogP contribution in [0, 0.1) is 0 Å². The highest BCUT2D eigenvalue weighted by Gasteiger charge is 2.22. The molecule has 30 heavy (non-hydrogen) atoms. The maximum atomic E-state index is 12.5. The molecule has 0 radical (unpaired) electrons. The van der Waals surface area contributed by atoms with Gasteiger partial charge in [-0.05, 0) is 14.0 Å². The fraction of sp³-hybridized carbons (Fsp3) is 0.238. The van der Waals surface area contributed by atoms with E-state index >= 15 is 0 Å². The van der Waals surface area contributed by atoms with Crippen molar-refractivity contribution in [1.29, 1.82) is 0 Å². The second-order valence-electron chi connectivity index (χ2n) is 6.67. The zero-order valence-corrected chi connectivity index (χ0v) is 18.3. The first-order valence-electron chi connectivity index (χ1n) is 9.46. The lowest BCUT2D eigenvalue weighted by Gasteiger charge is -2.17. The van der Waals surface area contributed by atoms with Gasteiger partial charge in [0.1, 0.15) is 5.56 Å². The molecule has 1 aromatic carbocycles. The van der Waals surface area contributed by atoms with Crippen molar-refractivity contribution in [3.8, 4) is 16.4 Å². The summed E-state index contributed by atoms with van der Waals surface area (Å²) in [4.78, 5) is 23.7. The summed E-state index contributed by atoms with van der Waals surface area (Å²) in [5.41, 5.74) is 5.94. The fourth-order valence-electron chi connectivity index (χ4n) is 3.08. The van der Waals surface area contributed by atoms with Crippen molar-refractivity contribution in [3.05, 3.63) is 69.8 Å². The number of carbonyl (C=O) groups excluding carboxylic acids is 1. The van der Waals surface area contributed by atoms with Gasteiger partial charge in [-0.2, -0.15) is 5.10 Å². The van der Waals surface area contributed by atoms with Gasteiger partial charge in [0.05, 0.1) is 35.4 Å². The van der Waals surface area contributed by atoms with Crippen molar-refractivity contribution in [3.63, 3.8) is 0 Å². The maximum Gasteiger partial charge on any atom is 0.341 e. The van der Waals surface area contributed by atoms with E-state index in [1.165, 1.54) is 11.3 Å². The van der Waals surface area contributed by atoms with Crippen molar-refractivity contribution >= 4 is 28.6 Å². The summed E-state index contributed by atoms with van der Waals surface area (Å²) in [6.45, 7) is 3.28. The average molecular weight is 440 g/mol. The first kappa shape index (κ1) is 20.4. The molecule has 0 unspecified atom stereocenters. The van der Waals surface area contributed by atoms with Crippen LogP contribution in [0.4, 0.5) is 0 Å². The van der Waals surface area contributed by atoms with E-state index in [0.29, 0.717) is 30.4 Å². The second kappa shape index (κ2) is 9.29. The number of thiazole rings is 2. The van der Waals surface area contributed by atoms with Gasteiger partial charge in [-0.15, -0.1) is 22.7 Å². The van der Waals surface area contributed by atoms with Gasteiger partial charge in [0.15, 0.2) is 0 Å². The van der Waals surface area contributed by atoms with Crippen LogP contribution in [0.3, 0.4) is 0 Å². The molecule has 0 aliphatic rings. The number of hydrogen-bond donors (Lipinski definition) is 0. The van der Waals surface area contributed by atoms with Gasteiger partial charge in [-0.1, -0.05) is 30.3 Å². The molecule has 0 saturated heterocycles. The molecule has 0 N–H and O–H groups in total. The predicted octanol–water partition coefficient (Wildman–Crippen LogP) is 4.26. The van der Waals surface area contributed by atoms with Gasteiger partial charge in [0.25, 0.3) is 0 Å². The predicted molar refractivity (Wildman–Crippen MR) is 118 cm³/mol. The molecule has 0 aliphatic heterocycles. The summed E-state index contributed by atoms with van der Waals surface area (Å²) in [5.74, 6) is -0.374. The highest BCUT2D eigenvalue weighted by atomic mass is 32.1. The summed E-state index contributed by atoms with van der Waals surface area (Å²) in [6.07, 6.45) is 1.56. The van der Waals surface area contributed by atoms with E-state index < -0.39 is 0 Å². The molecule has 9 heteroatoms. The van der Waals surface area contributed by atoms with E-state index in [9.17, 15) is 4.79 Å². The first-order valence-corrected chi connectivity index (χ1v) is 11.3. The molecule has 0 spiro atoms. The third kappa shape index (κ3) is 4.48. The minimum absolute atomic E-state index is 0.313. The zero-order valence-electron chi connectivity index (χ0n) is 16.7. The van der Waals surface area contributed by atoms with Crippen molar-refractivity contribution in [2.45, 2.75) is 20.0 Å².